The summed E-state index contributed by atoms with van der Waals surface area (Å²) < 4.78 is 0. The molecule has 17 heavy (non-hydrogen) atoms. The van der Waals surface area contributed by atoms with Crippen LogP contribution in [0.2, 0.25) is 0 Å². The van der Waals surface area contributed by atoms with Gasteiger partial charge in [0.2, 0.25) is 0 Å². The minimum absolute atomic E-state index is 0.0873. The summed E-state index contributed by atoms with van der Waals surface area (Å²) in [4.78, 5) is 1.42. The molecule has 1 saturated carbocycles. The predicted molar refractivity (Wildman–Crippen MR) is 74.3 cm³/mol. The monoisotopic (exact) mass is 252 g/mol. The van der Waals surface area contributed by atoms with E-state index in [0.29, 0.717) is 11.3 Å². The lowest BCUT2D eigenvalue weighted by atomic mass is 9.67. The summed E-state index contributed by atoms with van der Waals surface area (Å²) in [6, 6.07) is 4.30. The number of aliphatic hydroxyl groups excluding tert-OH is 1. The molecule has 0 spiro atoms. The van der Waals surface area contributed by atoms with Crippen LogP contribution in [0.3, 0.4) is 0 Å². The molecule has 0 amide bonds. The van der Waals surface area contributed by atoms with Gasteiger partial charge in [-0.3, -0.25) is 0 Å². The predicted octanol–water partition coefficient (Wildman–Crippen LogP) is 4.11. The average molecular weight is 252 g/mol. The quantitative estimate of drug-likeness (QED) is 0.839. The highest BCUT2D eigenvalue weighted by molar-refractivity contribution is 7.09. The highest BCUT2D eigenvalue weighted by Crippen LogP contribution is 2.41. The molecule has 1 aliphatic rings. The maximum absolute atomic E-state index is 10.2. The van der Waals surface area contributed by atoms with Crippen LogP contribution in [0.5, 0.6) is 0 Å². The fourth-order valence-corrected chi connectivity index (χ4v) is 3.74. The van der Waals surface area contributed by atoms with Gasteiger partial charge in [0, 0.05) is 4.88 Å². The average Bonchev–Trinajstić information content (AvgIpc) is 2.72. The third-order valence-electron chi connectivity index (χ3n) is 4.21. The number of aliphatic hydroxyl groups is 1. The van der Waals surface area contributed by atoms with E-state index in [9.17, 15) is 5.11 Å². The largest absolute Gasteiger partial charge is 0.393 e. The molecule has 3 unspecified atom stereocenters. The van der Waals surface area contributed by atoms with Crippen molar-refractivity contribution in [1.29, 1.82) is 0 Å². The molecule has 0 bridgehead atoms. The third-order valence-corrected chi connectivity index (χ3v) is 5.11. The lowest BCUT2D eigenvalue weighted by molar-refractivity contribution is 0.0199. The lowest BCUT2D eigenvalue weighted by Crippen LogP contribution is -2.35. The Morgan fingerprint density at radius 1 is 1.35 bits per heavy atom. The summed E-state index contributed by atoms with van der Waals surface area (Å²) in [5, 5.41) is 12.3. The van der Waals surface area contributed by atoms with Crippen molar-refractivity contribution in [1.82, 2.24) is 0 Å². The highest BCUT2D eigenvalue weighted by Gasteiger charge is 2.35. The minimum Gasteiger partial charge on any atom is -0.393 e. The van der Waals surface area contributed by atoms with Crippen molar-refractivity contribution >= 4 is 11.3 Å². The van der Waals surface area contributed by atoms with E-state index in [1.54, 1.807) is 0 Å². The van der Waals surface area contributed by atoms with Gasteiger partial charge < -0.3 is 5.11 Å². The zero-order valence-electron chi connectivity index (χ0n) is 11.1. The van der Waals surface area contributed by atoms with Gasteiger partial charge in [-0.05, 0) is 54.4 Å². The minimum atomic E-state index is -0.0873. The Balaban J connectivity index is 2.00. The molecule has 96 valence electrons. The van der Waals surface area contributed by atoms with E-state index in [4.69, 9.17) is 0 Å². The Labute approximate surface area is 109 Å². The maximum atomic E-state index is 10.2. The summed E-state index contributed by atoms with van der Waals surface area (Å²) in [7, 11) is 0. The second-order valence-corrected chi connectivity index (χ2v) is 7.52. The van der Waals surface area contributed by atoms with Crippen LogP contribution in [-0.4, -0.2) is 11.2 Å². The molecule has 1 N–H and O–H groups in total. The molecule has 2 rings (SSSR count). The lowest BCUT2D eigenvalue weighted by Gasteiger charge is -2.40. The Hall–Kier alpha value is -0.340. The topological polar surface area (TPSA) is 20.2 Å². The van der Waals surface area contributed by atoms with Crippen LogP contribution in [-0.2, 0) is 6.42 Å². The molecule has 1 aromatic rings. The first-order chi connectivity index (χ1) is 7.97. The normalized spacial score (nSPS) is 30.5. The van der Waals surface area contributed by atoms with Crippen molar-refractivity contribution in [2.24, 2.45) is 17.3 Å². The van der Waals surface area contributed by atoms with Crippen molar-refractivity contribution < 1.29 is 5.11 Å². The van der Waals surface area contributed by atoms with E-state index in [0.717, 1.165) is 18.8 Å². The van der Waals surface area contributed by atoms with E-state index in [1.165, 1.54) is 17.7 Å². The third kappa shape index (κ3) is 3.32. The van der Waals surface area contributed by atoms with Gasteiger partial charge in [-0.2, -0.15) is 0 Å². The van der Waals surface area contributed by atoms with E-state index in [-0.39, 0.29) is 6.10 Å². The molecule has 1 aliphatic carbocycles. The van der Waals surface area contributed by atoms with Crippen LogP contribution in [0.25, 0.3) is 0 Å². The molecular weight excluding hydrogens is 228 g/mol. The van der Waals surface area contributed by atoms with Crippen molar-refractivity contribution in [3.05, 3.63) is 22.4 Å². The number of thiophene rings is 1. The highest BCUT2D eigenvalue weighted by atomic mass is 32.1. The Bertz CT molecular complexity index is 336. The van der Waals surface area contributed by atoms with Gasteiger partial charge in [0.1, 0.15) is 0 Å². The van der Waals surface area contributed by atoms with Gasteiger partial charge in [0.25, 0.3) is 0 Å². The molecule has 1 aromatic heterocycles. The first kappa shape index (κ1) is 13.1. The second-order valence-electron chi connectivity index (χ2n) is 6.49. The maximum Gasteiger partial charge on any atom is 0.0572 e. The summed E-state index contributed by atoms with van der Waals surface area (Å²) in [6.45, 7) is 6.99. The van der Waals surface area contributed by atoms with Crippen molar-refractivity contribution in [2.75, 3.05) is 0 Å². The Morgan fingerprint density at radius 2 is 2.12 bits per heavy atom. The van der Waals surface area contributed by atoms with Crippen LogP contribution in [0.1, 0.15) is 44.9 Å². The van der Waals surface area contributed by atoms with E-state index in [2.05, 4.69) is 38.3 Å². The van der Waals surface area contributed by atoms with Crippen molar-refractivity contribution in [3.8, 4) is 0 Å². The summed E-state index contributed by atoms with van der Waals surface area (Å²) in [5.74, 6) is 1.22. The van der Waals surface area contributed by atoms with E-state index < -0.39 is 0 Å². The Kier molecular flexibility index (Phi) is 3.94. The van der Waals surface area contributed by atoms with Gasteiger partial charge in [-0.1, -0.05) is 26.8 Å². The molecular formula is C15H24OS. The van der Waals surface area contributed by atoms with Crippen molar-refractivity contribution in [2.45, 2.75) is 52.6 Å². The van der Waals surface area contributed by atoms with Crippen LogP contribution in [0, 0.1) is 17.3 Å². The first-order valence-corrected chi connectivity index (χ1v) is 7.55. The van der Waals surface area contributed by atoms with Crippen LogP contribution in [0.15, 0.2) is 17.5 Å². The van der Waals surface area contributed by atoms with Crippen LogP contribution in [0.4, 0.5) is 0 Å². The van der Waals surface area contributed by atoms with Gasteiger partial charge in [0.15, 0.2) is 0 Å². The van der Waals surface area contributed by atoms with Gasteiger partial charge in [0.05, 0.1) is 6.10 Å². The molecule has 0 aliphatic heterocycles. The molecule has 1 heterocycles. The number of rotatable bonds is 2. The number of hydrogen-bond acceptors (Lipinski definition) is 2. The molecule has 0 aromatic carbocycles. The molecule has 0 radical (unpaired) electrons. The van der Waals surface area contributed by atoms with Crippen LogP contribution >= 0.6 is 11.3 Å². The van der Waals surface area contributed by atoms with Gasteiger partial charge >= 0.3 is 0 Å². The van der Waals surface area contributed by atoms with E-state index >= 15 is 0 Å². The van der Waals surface area contributed by atoms with E-state index in [1.807, 2.05) is 11.3 Å². The zero-order valence-corrected chi connectivity index (χ0v) is 12.0. The standard InChI is InChI=1S/C15H24OS/c1-15(2,3)12-6-7-14(16)11(9-12)10-13-5-4-8-17-13/h4-5,8,11-12,14,16H,6-7,9-10H2,1-3H3. The molecule has 1 nitrogen and oxygen atoms in total. The van der Waals surface area contributed by atoms with Crippen molar-refractivity contribution in [3.63, 3.8) is 0 Å². The molecule has 3 atom stereocenters. The smallest absolute Gasteiger partial charge is 0.0572 e. The SMILES string of the molecule is CC(C)(C)C1CCC(O)C(Cc2cccs2)C1. The van der Waals surface area contributed by atoms with Gasteiger partial charge in [-0.15, -0.1) is 11.3 Å². The van der Waals surface area contributed by atoms with Gasteiger partial charge in [-0.25, -0.2) is 0 Å². The first-order valence-electron chi connectivity index (χ1n) is 6.67. The fraction of sp³-hybridized carbons (Fsp3) is 0.733. The molecule has 1 fully saturated rings. The van der Waals surface area contributed by atoms with Crippen LogP contribution < -0.4 is 0 Å². The fourth-order valence-electron chi connectivity index (χ4n) is 2.94. The summed E-state index contributed by atoms with van der Waals surface area (Å²) in [5.41, 5.74) is 0.383. The molecule has 0 saturated heterocycles. The Morgan fingerprint density at radius 3 is 2.71 bits per heavy atom. The summed E-state index contributed by atoms with van der Waals surface area (Å²) in [6.07, 6.45) is 4.33. The zero-order chi connectivity index (χ0) is 12.5. The second kappa shape index (κ2) is 5.11. The summed E-state index contributed by atoms with van der Waals surface area (Å²) >= 11 is 1.82. The molecule has 2 heteroatoms. The number of hydrogen-bond donors (Lipinski definition) is 1.